The normalized spacial score (nSPS) is 13.3. The summed E-state index contributed by atoms with van der Waals surface area (Å²) in [5, 5.41) is 11.9. The van der Waals surface area contributed by atoms with Crippen molar-refractivity contribution in [2.45, 2.75) is 32.2 Å². The molecule has 0 spiro atoms. The number of rotatable bonds is 3. The molecule has 1 heterocycles. The van der Waals surface area contributed by atoms with Crippen LogP contribution in [0.1, 0.15) is 35.2 Å². The number of halogens is 1. The number of aromatic nitrogens is 2. The van der Waals surface area contributed by atoms with E-state index in [9.17, 15) is 4.39 Å². The van der Waals surface area contributed by atoms with E-state index < -0.39 is 0 Å². The summed E-state index contributed by atoms with van der Waals surface area (Å²) >= 11 is 0. The van der Waals surface area contributed by atoms with Crippen LogP contribution in [0.15, 0.2) is 24.5 Å². The zero-order chi connectivity index (χ0) is 14.7. The van der Waals surface area contributed by atoms with Crippen LogP contribution in [0.5, 0.6) is 0 Å². The topological polar surface area (TPSA) is 61.6 Å². The van der Waals surface area contributed by atoms with Crippen LogP contribution in [-0.2, 0) is 19.4 Å². The standard InChI is InChI=1S/C16H15FN4/c17-14-7-11(8-18)5-6-12(14)9-19-16-13-3-1-2-4-15(13)20-10-21-16/h5-7,10H,1-4,9H2,(H,19,20,21). The van der Waals surface area contributed by atoms with Crippen LogP contribution in [0.4, 0.5) is 10.2 Å². The number of nitrogens with one attached hydrogen (secondary N) is 1. The summed E-state index contributed by atoms with van der Waals surface area (Å²) in [6, 6.07) is 6.44. The molecule has 5 heteroatoms. The number of fused-ring (bicyclic) bond motifs is 1. The number of nitriles is 1. The maximum absolute atomic E-state index is 13.9. The Balaban J connectivity index is 1.78. The van der Waals surface area contributed by atoms with Crippen molar-refractivity contribution in [3.63, 3.8) is 0 Å². The van der Waals surface area contributed by atoms with Crippen LogP contribution in [0.3, 0.4) is 0 Å². The minimum atomic E-state index is -0.371. The third kappa shape index (κ3) is 2.84. The summed E-state index contributed by atoms with van der Waals surface area (Å²) in [5.41, 5.74) is 3.10. The average molecular weight is 282 g/mol. The monoisotopic (exact) mass is 282 g/mol. The van der Waals surface area contributed by atoms with Gasteiger partial charge in [-0.1, -0.05) is 6.07 Å². The minimum absolute atomic E-state index is 0.329. The summed E-state index contributed by atoms with van der Waals surface area (Å²) in [7, 11) is 0. The van der Waals surface area contributed by atoms with E-state index in [4.69, 9.17) is 5.26 Å². The highest BCUT2D eigenvalue weighted by atomic mass is 19.1. The van der Waals surface area contributed by atoms with E-state index in [0.717, 1.165) is 42.8 Å². The van der Waals surface area contributed by atoms with Crippen LogP contribution in [0.25, 0.3) is 0 Å². The van der Waals surface area contributed by atoms with Gasteiger partial charge in [0.1, 0.15) is 18.0 Å². The predicted octanol–water partition coefficient (Wildman–Crippen LogP) is 2.98. The third-order valence-electron chi connectivity index (χ3n) is 3.75. The van der Waals surface area contributed by atoms with E-state index in [1.807, 2.05) is 6.07 Å². The quantitative estimate of drug-likeness (QED) is 0.940. The van der Waals surface area contributed by atoms with Gasteiger partial charge in [0, 0.05) is 23.4 Å². The first kappa shape index (κ1) is 13.5. The molecule has 1 aliphatic rings. The summed E-state index contributed by atoms with van der Waals surface area (Å²) in [6.45, 7) is 0.348. The van der Waals surface area contributed by atoms with Crippen molar-refractivity contribution in [2.75, 3.05) is 5.32 Å². The molecule has 1 aromatic heterocycles. The molecule has 3 rings (SSSR count). The van der Waals surface area contributed by atoms with Gasteiger partial charge in [0.2, 0.25) is 0 Å². The van der Waals surface area contributed by atoms with Crippen LogP contribution in [-0.4, -0.2) is 9.97 Å². The molecular formula is C16H15FN4. The summed E-state index contributed by atoms with van der Waals surface area (Å²) in [6.07, 6.45) is 5.81. The molecule has 0 aliphatic heterocycles. The molecule has 0 unspecified atom stereocenters. The van der Waals surface area contributed by atoms with Crippen molar-refractivity contribution < 1.29 is 4.39 Å². The van der Waals surface area contributed by atoms with Crippen molar-refractivity contribution in [3.05, 3.63) is 52.7 Å². The molecule has 4 nitrogen and oxygen atoms in total. The lowest BCUT2D eigenvalue weighted by molar-refractivity contribution is 0.612. The van der Waals surface area contributed by atoms with Gasteiger partial charge < -0.3 is 5.32 Å². The van der Waals surface area contributed by atoms with E-state index in [-0.39, 0.29) is 5.82 Å². The highest BCUT2D eigenvalue weighted by Crippen LogP contribution is 2.24. The van der Waals surface area contributed by atoms with E-state index >= 15 is 0 Å². The van der Waals surface area contributed by atoms with E-state index in [2.05, 4.69) is 15.3 Å². The summed E-state index contributed by atoms with van der Waals surface area (Å²) < 4.78 is 13.9. The van der Waals surface area contributed by atoms with Crippen LogP contribution >= 0.6 is 0 Å². The van der Waals surface area contributed by atoms with Gasteiger partial charge in [0.05, 0.1) is 11.6 Å². The van der Waals surface area contributed by atoms with Gasteiger partial charge in [-0.25, -0.2) is 14.4 Å². The van der Waals surface area contributed by atoms with Crippen LogP contribution in [0.2, 0.25) is 0 Å². The molecule has 2 aromatic rings. The Bertz CT molecular complexity index is 706. The lowest BCUT2D eigenvalue weighted by Crippen LogP contribution is -2.12. The van der Waals surface area contributed by atoms with E-state index in [1.165, 1.54) is 6.07 Å². The molecule has 0 bridgehead atoms. The second-order valence-electron chi connectivity index (χ2n) is 5.13. The Hall–Kier alpha value is -2.48. The Morgan fingerprint density at radius 2 is 2.10 bits per heavy atom. The van der Waals surface area contributed by atoms with Crippen LogP contribution < -0.4 is 5.32 Å². The lowest BCUT2D eigenvalue weighted by atomic mass is 9.96. The fourth-order valence-corrected chi connectivity index (χ4v) is 2.61. The predicted molar refractivity (Wildman–Crippen MR) is 77.1 cm³/mol. The Morgan fingerprint density at radius 1 is 1.24 bits per heavy atom. The Morgan fingerprint density at radius 3 is 2.90 bits per heavy atom. The zero-order valence-corrected chi connectivity index (χ0v) is 11.6. The molecule has 21 heavy (non-hydrogen) atoms. The van der Waals surface area contributed by atoms with Crippen molar-refractivity contribution in [2.24, 2.45) is 0 Å². The van der Waals surface area contributed by atoms with Gasteiger partial charge in [0.25, 0.3) is 0 Å². The number of nitrogens with zero attached hydrogens (tertiary/aromatic N) is 3. The molecule has 0 fully saturated rings. The fourth-order valence-electron chi connectivity index (χ4n) is 2.61. The van der Waals surface area contributed by atoms with Gasteiger partial charge in [-0.05, 0) is 37.8 Å². The molecule has 106 valence electrons. The number of benzene rings is 1. The highest BCUT2D eigenvalue weighted by molar-refractivity contribution is 5.47. The summed E-state index contributed by atoms with van der Waals surface area (Å²) in [4.78, 5) is 8.59. The molecule has 0 saturated carbocycles. The van der Waals surface area contributed by atoms with Gasteiger partial charge in [-0.2, -0.15) is 5.26 Å². The van der Waals surface area contributed by atoms with Gasteiger partial charge in [-0.15, -0.1) is 0 Å². The smallest absolute Gasteiger partial charge is 0.133 e. The maximum atomic E-state index is 13.9. The molecule has 1 aliphatic carbocycles. The van der Waals surface area contributed by atoms with E-state index in [1.54, 1.807) is 18.5 Å². The lowest BCUT2D eigenvalue weighted by Gasteiger charge is -2.18. The number of anilines is 1. The molecule has 0 atom stereocenters. The first-order chi connectivity index (χ1) is 10.3. The molecule has 1 N–H and O–H groups in total. The van der Waals surface area contributed by atoms with Crippen LogP contribution in [0, 0.1) is 17.1 Å². The molecular weight excluding hydrogens is 267 g/mol. The maximum Gasteiger partial charge on any atom is 0.133 e. The highest BCUT2D eigenvalue weighted by Gasteiger charge is 2.15. The Labute approximate surface area is 122 Å². The fraction of sp³-hybridized carbons (Fsp3) is 0.312. The molecule has 1 aromatic carbocycles. The molecule has 0 amide bonds. The molecule has 0 radical (unpaired) electrons. The first-order valence-corrected chi connectivity index (χ1v) is 7.03. The van der Waals surface area contributed by atoms with Crippen molar-refractivity contribution in [1.29, 1.82) is 5.26 Å². The largest absolute Gasteiger partial charge is 0.366 e. The second kappa shape index (κ2) is 5.88. The zero-order valence-electron chi connectivity index (χ0n) is 11.6. The minimum Gasteiger partial charge on any atom is -0.366 e. The first-order valence-electron chi connectivity index (χ1n) is 7.03. The third-order valence-corrected chi connectivity index (χ3v) is 3.75. The second-order valence-corrected chi connectivity index (χ2v) is 5.13. The average Bonchev–Trinajstić information content (AvgIpc) is 2.53. The van der Waals surface area contributed by atoms with Gasteiger partial charge in [0.15, 0.2) is 0 Å². The molecule has 0 saturated heterocycles. The van der Waals surface area contributed by atoms with Crippen molar-refractivity contribution in [3.8, 4) is 6.07 Å². The number of hydrogen-bond acceptors (Lipinski definition) is 4. The van der Waals surface area contributed by atoms with E-state index in [0.29, 0.717) is 17.7 Å². The SMILES string of the molecule is N#Cc1ccc(CNc2ncnc3c2CCCC3)c(F)c1. The summed E-state index contributed by atoms with van der Waals surface area (Å²) in [5.74, 6) is 0.424. The number of aryl methyl sites for hydroxylation is 1. The van der Waals surface area contributed by atoms with Gasteiger partial charge >= 0.3 is 0 Å². The van der Waals surface area contributed by atoms with Gasteiger partial charge in [-0.3, -0.25) is 0 Å². The Kier molecular flexibility index (Phi) is 3.78. The van der Waals surface area contributed by atoms with Crippen molar-refractivity contribution >= 4 is 5.82 Å². The number of hydrogen-bond donors (Lipinski definition) is 1. The van der Waals surface area contributed by atoms with Crippen molar-refractivity contribution in [1.82, 2.24) is 9.97 Å².